The Hall–Kier alpha value is -1.75. The van der Waals surface area contributed by atoms with Crippen LogP contribution in [0, 0.1) is 11.7 Å². The van der Waals surface area contributed by atoms with E-state index >= 15 is 0 Å². The van der Waals surface area contributed by atoms with Crippen LogP contribution in [0.1, 0.15) is 39.0 Å². The molecule has 0 aliphatic heterocycles. The van der Waals surface area contributed by atoms with Crippen molar-refractivity contribution in [2.24, 2.45) is 5.92 Å². The van der Waals surface area contributed by atoms with Gasteiger partial charge in [0.15, 0.2) is 5.13 Å². The summed E-state index contributed by atoms with van der Waals surface area (Å²) in [6.45, 7) is 2.62. The summed E-state index contributed by atoms with van der Waals surface area (Å²) < 4.78 is 13.0. The number of nitrogens with zero attached hydrogens (tertiary/aromatic N) is 2. The highest BCUT2D eigenvalue weighted by atomic mass is 32.1. The molecule has 0 unspecified atom stereocenters. The van der Waals surface area contributed by atoms with Crippen LogP contribution < -0.4 is 4.90 Å². The lowest BCUT2D eigenvalue weighted by atomic mass is 9.88. The van der Waals surface area contributed by atoms with Crippen LogP contribution in [0.5, 0.6) is 0 Å². The van der Waals surface area contributed by atoms with Gasteiger partial charge in [-0.1, -0.05) is 19.3 Å². The van der Waals surface area contributed by atoms with Crippen molar-refractivity contribution in [3.05, 3.63) is 35.5 Å². The Morgan fingerprint density at radius 3 is 2.61 bits per heavy atom. The van der Waals surface area contributed by atoms with Gasteiger partial charge in [-0.15, -0.1) is 11.3 Å². The smallest absolute Gasteiger partial charge is 0.231 e. The summed E-state index contributed by atoms with van der Waals surface area (Å²) in [7, 11) is 0. The van der Waals surface area contributed by atoms with Crippen LogP contribution in [0.25, 0.3) is 11.3 Å². The lowest BCUT2D eigenvalue weighted by Gasteiger charge is -2.26. The molecule has 1 aromatic heterocycles. The molecule has 1 fully saturated rings. The minimum Gasteiger partial charge on any atom is -0.288 e. The molecule has 1 amide bonds. The molecule has 5 heteroatoms. The van der Waals surface area contributed by atoms with E-state index in [9.17, 15) is 9.18 Å². The van der Waals surface area contributed by atoms with Gasteiger partial charge < -0.3 is 0 Å². The van der Waals surface area contributed by atoms with E-state index < -0.39 is 0 Å². The van der Waals surface area contributed by atoms with Crippen LogP contribution in [0.4, 0.5) is 9.52 Å². The predicted molar refractivity (Wildman–Crippen MR) is 92.1 cm³/mol. The Morgan fingerprint density at radius 2 is 1.96 bits per heavy atom. The van der Waals surface area contributed by atoms with Gasteiger partial charge in [-0.25, -0.2) is 9.37 Å². The molecular formula is C18H21FN2OS. The summed E-state index contributed by atoms with van der Waals surface area (Å²) in [6, 6.07) is 6.29. The van der Waals surface area contributed by atoms with Crippen molar-refractivity contribution in [1.29, 1.82) is 0 Å². The number of rotatable bonds is 4. The maximum Gasteiger partial charge on any atom is 0.231 e. The molecule has 122 valence electrons. The van der Waals surface area contributed by atoms with E-state index in [0.717, 1.165) is 42.1 Å². The quantitative estimate of drug-likeness (QED) is 0.799. The number of hydrogen-bond acceptors (Lipinski definition) is 3. The number of benzene rings is 1. The summed E-state index contributed by atoms with van der Waals surface area (Å²) in [4.78, 5) is 19.2. The molecule has 0 saturated heterocycles. The molecule has 0 radical (unpaired) electrons. The second kappa shape index (κ2) is 7.21. The van der Waals surface area contributed by atoms with Crippen LogP contribution in [0.3, 0.4) is 0 Å². The summed E-state index contributed by atoms with van der Waals surface area (Å²) in [5, 5.41) is 2.67. The van der Waals surface area contributed by atoms with Gasteiger partial charge in [0.2, 0.25) is 5.91 Å². The first kappa shape index (κ1) is 16.1. The molecule has 1 saturated carbocycles. The van der Waals surface area contributed by atoms with Gasteiger partial charge >= 0.3 is 0 Å². The Labute approximate surface area is 140 Å². The monoisotopic (exact) mass is 332 g/mol. The van der Waals surface area contributed by atoms with Gasteiger partial charge in [-0.05, 0) is 44.0 Å². The van der Waals surface area contributed by atoms with Gasteiger partial charge in [-0.2, -0.15) is 0 Å². The molecule has 1 aromatic carbocycles. The van der Waals surface area contributed by atoms with Crippen LogP contribution in [0.2, 0.25) is 0 Å². The summed E-state index contributed by atoms with van der Waals surface area (Å²) in [5.41, 5.74) is 1.66. The first-order valence-corrected chi connectivity index (χ1v) is 9.10. The minimum atomic E-state index is -0.258. The number of halogens is 1. The molecule has 3 nitrogen and oxygen atoms in total. The second-order valence-corrected chi connectivity index (χ2v) is 6.78. The number of carbonyl (C=O) groups excluding carboxylic acids is 1. The highest BCUT2D eigenvalue weighted by Crippen LogP contribution is 2.31. The van der Waals surface area contributed by atoms with E-state index in [1.54, 1.807) is 17.0 Å². The van der Waals surface area contributed by atoms with Gasteiger partial charge in [0.25, 0.3) is 0 Å². The zero-order valence-electron chi connectivity index (χ0n) is 13.3. The van der Waals surface area contributed by atoms with Crippen LogP contribution in [-0.2, 0) is 4.79 Å². The van der Waals surface area contributed by atoms with Gasteiger partial charge in [-0.3, -0.25) is 9.69 Å². The Kier molecular flexibility index (Phi) is 5.06. The first-order valence-electron chi connectivity index (χ1n) is 8.22. The second-order valence-electron chi connectivity index (χ2n) is 5.94. The lowest BCUT2D eigenvalue weighted by Crippen LogP contribution is -2.36. The van der Waals surface area contributed by atoms with E-state index in [1.807, 2.05) is 12.3 Å². The van der Waals surface area contributed by atoms with Crippen molar-refractivity contribution in [3.8, 4) is 11.3 Å². The zero-order chi connectivity index (χ0) is 16.2. The van der Waals surface area contributed by atoms with Crippen molar-refractivity contribution in [2.45, 2.75) is 39.0 Å². The van der Waals surface area contributed by atoms with Crippen LogP contribution in [-0.4, -0.2) is 17.4 Å². The average molecular weight is 332 g/mol. The molecular weight excluding hydrogens is 311 g/mol. The SMILES string of the molecule is CCN(C(=O)C1CCCCC1)c1nc(-c2ccc(F)cc2)cs1. The first-order chi connectivity index (χ1) is 11.2. The van der Waals surface area contributed by atoms with Crippen molar-refractivity contribution in [2.75, 3.05) is 11.4 Å². The van der Waals surface area contributed by atoms with Gasteiger partial charge in [0.1, 0.15) is 5.82 Å². The molecule has 2 aromatic rings. The van der Waals surface area contributed by atoms with E-state index in [0.29, 0.717) is 6.54 Å². The molecule has 1 heterocycles. The summed E-state index contributed by atoms with van der Waals surface area (Å²) in [5.74, 6) is 0.0842. The molecule has 0 bridgehead atoms. The molecule has 1 aliphatic rings. The third-order valence-electron chi connectivity index (χ3n) is 4.40. The van der Waals surface area contributed by atoms with E-state index in [1.165, 1.54) is 29.9 Å². The number of anilines is 1. The normalized spacial score (nSPS) is 15.6. The third-order valence-corrected chi connectivity index (χ3v) is 5.26. The maximum absolute atomic E-state index is 13.0. The summed E-state index contributed by atoms with van der Waals surface area (Å²) >= 11 is 1.47. The maximum atomic E-state index is 13.0. The predicted octanol–water partition coefficient (Wildman–Crippen LogP) is 4.88. The lowest BCUT2D eigenvalue weighted by molar-refractivity contribution is -0.123. The minimum absolute atomic E-state index is 0.141. The Bertz CT molecular complexity index is 662. The number of carbonyl (C=O) groups is 1. The topological polar surface area (TPSA) is 33.2 Å². The number of hydrogen-bond donors (Lipinski definition) is 0. The molecule has 0 N–H and O–H groups in total. The fourth-order valence-corrected chi connectivity index (χ4v) is 4.00. The molecule has 0 atom stereocenters. The van der Waals surface area contributed by atoms with Crippen molar-refractivity contribution < 1.29 is 9.18 Å². The summed E-state index contributed by atoms with van der Waals surface area (Å²) in [6.07, 6.45) is 5.51. The molecule has 3 rings (SSSR count). The van der Waals surface area contributed by atoms with Crippen LogP contribution >= 0.6 is 11.3 Å². The van der Waals surface area contributed by atoms with E-state index in [2.05, 4.69) is 4.98 Å². The van der Waals surface area contributed by atoms with E-state index in [4.69, 9.17) is 0 Å². The average Bonchev–Trinajstić information content (AvgIpc) is 3.06. The van der Waals surface area contributed by atoms with Gasteiger partial charge in [0.05, 0.1) is 5.69 Å². The number of aromatic nitrogens is 1. The fourth-order valence-electron chi connectivity index (χ4n) is 3.10. The van der Waals surface area contributed by atoms with Crippen LogP contribution in [0.15, 0.2) is 29.6 Å². The Balaban J connectivity index is 1.79. The Morgan fingerprint density at radius 1 is 1.26 bits per heavy atom. The van der Waals surface area contributed by atoms with Crippen molar-refractivity contribution in [3.63, 3.8) is 0 Å². The number of thiazole rings is 1. The fraction of sp³-hybridized carbons (Fsp3) is 0.444. The standard InChI is InChI=1S/C18H21FN2OS/c1-2-21(17(22)14-6-4-3-5-7-14)18-20-16(12-23-18)13-8-10-15(19)11-9-13/h8-12,14H,2-7H2,1H3. The van der Waals surface area contributed by atoms with Gasteiger partial charge in [0, 0.05) is 23.4 Å². The zero-order valence-corrected chi connectivity index (χ0v) is 14.1. The van der Waals surface area contributed by atoms with Crippen molar-refractivity contribution >= 4 is 22.4 Å². The largest absolute Gasteiger partial charge is 0.288 e. The van der Waals surface area contributed by atoms with E-state index in [-0.39, 0.29) is 17.6 Å². The number of amides is 1. The molecule has 23 heavy (non-hydrogen) atoms. The highest BCUT2D eigenvalue weighted by molar-refractivity contribution is 7.14. The highest BCUT2D eigenvalue weighted by Gasteiger charge is 2.27. The third kappa shape index (κ3) is 3.61. The van der Waals surface area contributed by atoms with Crippen molar-refractivity contribution in [1.82, 2.24) is 4.98 Å². The molecule has 0 spiro atoms. The molecule has 1 aliphatic carbocycles.